The summed E-state index contributed by atoms with van der Waals surface area (Å²) in [5, 5.41) is 0. The average Bonchev–Trinajstić information content (AvgIpc) is 2.46. The van der Waals surface area contributed by atoms with Gasteiger partial charge in [0.2, 0.25) is 20.0 Å². The van der Waals surface area contributed by atoms with Gasteiger partial charge >= 0.3 is 0 Å². The van der Waals surface area contributed by atoms with E-state index in [0.29, 0.717) is 5.69 Å². The molecule has 8 nitrogen and oxygen atoms in total. The summed E-state index contributed by atoms with van der Waals surface area (Å²) in [7, 11) is -6.93. The fraction of sp³-hybridized carbons (Fsp3) is 0.545. The van der Waals surface area contributed by atoms with Gasteiger partial charge in [-0.05, 0) is 12.1 Å². The van der Waals surface area contributed by atoms with Gasteiger partial charge in [0.05, 0.1) is 11.9 Å². The molecule has 10 heteroatoms. The van der Waals surface area contributed by atoms with Crippen LogP contribution in [0.25, 0.3) is 0 Å². The van der Waals surface area contributed by atoms with Crippen molar-refractivity contribution in [1.29, 1.82) is 0 Å². The topological polar surface area (TPSA) is 114 Å². The van der Waals surface area contributed by atoms with E-state index in [9.17, 15) is 16.8 Å². The number of nitrogens with zero attached hydrogens (tertiary/aromatic N) is 3. The second kappa shape index (κ2) is 5.97. The lowest BCUT2D eigenvalue weighted by Crippen LogP contribution is -2.50. The van der Waals surface area contributed by atoms with Gasteiger partial charge in [0.15, 0.2) is 0 Å². The summed E-state index contributed by atoms with van der Waals surface area (Å²) in [4.78, 5) is 4.07. The van der Waals surface area contributed by atoms with Crippen LogP contribution in [-0.2, 0) is 26.6 Å². The summed E-state index contributed by atoms with van der Waals surface area (Å²) in [6.45, 7) is 0.828. The fourth-order valence-electron chi connectivity index (χ4n) is 2.08. The molecular formula is C11H18N4O4S2. The van der Waals surface area contributed by atoms with E-state index in [4.69, 9.17) is 5.73 Å². The molecule has 2 N–H and O–H groups in total. The highest BCUT2D eigenvalue weighted by molar-refractivity contribution is 7.89. The quantitative estimate of drug-likeness (QED) is 0.740. The van der Waals surface area contributed by atoms with E-state index in [1.165, 1.54) is 20.9 Å². The third-order valence-electron chi connectivity index (χ3n) is 3.31. The largest absolute Gasteiger partial charge is 0.325 e. The molecule has 1 aliphatic rings. The van der Waals surface area contributed by atoms with Crippen molar-refractivity contribution in [3.63, 3.8) is 0 Å². The van der Waals surface area contributed by atoms with E-state index in [-0.39, 0.29) is 37.6 Å². The molecule has 1 aliphatic heterocycles. The Hall–Kier alpha value is -1.07. The Morgan fingerprint density at radius 1 is 1.10 bits per heavy atom. The van der Waals surface area contributed by atoms with Gasteiger partial charge < -0.3 is 5.73 Å². The van der Waals surface area contributed by atoms with E-state index in [0.717, 1.165) is 6.26 Å². The third-order valence-corrected chi connectivity index (χ3v) is 6.50. The van der Waals surface area contributed by atoms with Crippen molar-refractivity contribution in [3.8, 4) is 0 Å². The molecule has 118 valence electrons. The summed E-state index contributed by atoms with van der Waals surface area (Å²) in [5.41, 5.74) is 6.03. The highest BCUT2D eigenvalue weighted by Gasteiger charge is 2.31. The summed E-state index contributed by atoms with van der Waals surface area (Å²) in [6, 6.07) is 3.03. The fourth-order valence-corrected chi connectivity index (χ4v) is 4.27. The third kappa shape index (κ3) is 3.58. The molecule has 1 aromatic rings. The van der Waals surface area contributed by atoms with E-state index in [1.54, 1.807) is 6.07 Å². The van der Waals surface area contributed by atoms with Crippen LogP contribution < -0.4 is 5.73 Å². The Morgan fingerprint density at radius 3 is 2.10 bits per heavy atom. The summed E-state index contributed by atoms with van der Waals surface area (Å²) in [5.74, 6) is 0. The maximum absolute atomic E-state index is 12.4. The van der Waals surface area contributed by atoms with Crippen LogP contribution in [0, 0.1) is 0 Å². The van der Waals surface area contributed by atoms with Crippen molar-refractivity contribution in [3.05, 3.63) is 24.0 Å². The number of piperazine rings is 1. The van der Waals surface area contributed by atoms with Crippen LogP contribution in [0.2, 0.25) is 0 Å². The second-order valence-electron chi connectivity index (χ2n) is 4.76. The monoisotopic (exact) mass is 334 g/mol. The number of hydrogen-bond donors (Lipinski definition) is 1. The molecular weight excluding hydrogens is 316 g/mol. The molecule has 0 amide bonds. The van der Waals surface area contributed by atoms with Gasteiger partial charge in [-0.3, -0.25) is 4.98 Å². The molecule has 21 heavy (non-hydrogen) atoms. The first-order valence-corrected chi connectivity index (χ1v) is 9.64. The first-order valence-electron chi connectivity index (χ1n) is 6.35. The first-order chi connectivity index (χ1) is 9.75. The zero-order valence-corrected chi connectivity index (χ0v) is 13.3. The smallest absolute Gasteiger partial charge is 0.244 e. The molecule has 1 fully saturated rings. The van der Waals surface area contributed by atoms with Crippen LogP contribution in [0.15, 0.2) is 23.2 Å². The van der Waals surface area contributed by atoms with E-state index in [2.05, 4.69) is 4.98 Å². The van der Waals surface area contributed by atoms with Crippen LogP contribution in [0.4, 0.5) is 0 Å². The van der Waals surface area contributed by atoms with Crippen molar-refractivity contribution >= 4 is 20.0 Å². The lowest BCUT2D eigenvalue weighted by Gasteiger charge is -2.32. The zero-order valence-electron chi connectivity index (χ0n) is 11.6. The number of hydrogen-bond acceptors (Lipinski definition) is 6. The molecule has 0 unspecified atom stereocenters. The summed E-state index contributed by atoms with van der Waals surface area (Å²) >= 11 is 0. The molecule has 0 atom stereocenters. The molecule has 0 aliphatic carbocycles. The van der Waals surface area contributed by atoms with E-state index in [1.807, 2.05) is 0 Å². The number of aromatic nitrogens is 1. The predicted octanol–water partition coefficient (Wildman–Crippen LogP) is -1.19. The number of rotatable bonds is 4. The molecule has 2 rings (SSSR count). The van der Waals surface area contributed by atoms with Crippen LogP contribution in [-0.4, -0.2) is 62.9 Å². The van der Waals surface area contributed by atoms with Crippen LogP contribution in [0.3, 0.4) is 0 Å². The highest BCUT2D eigenvalue weighted by Crippen LogP contribution is 2.17. The molecule has 0 saturated carbocycles. The minimum absolute atomic E-state index is 0.0903. The van der Waals surface area contributed by atoms with Gasteiger partial charge in [-0.25, -0.2) is 16.8 Å². The number of sulfonamides is 2. The van der Waals surface area contributed by atoms with Gasteiger partial charge in [-0.15, -0.1) is 0 Å². The molecule has 1 aromatic heterocycles. The molecule has 0 radical (unpaired) electrons. The maximum Gasteiger partial charge on any atom is 0.244 e. The minimum Gasteiger partial charge on any atom is -0.325 e. The van der Waals surface area contributed by atoms with Crippen molar-refractivity contribution < 1.29 is 16.8 Å². The van der Waals surface area contributed by atoms with Gasteiger partial charge in [0.25, 0.3) is 0 Å². The maximum atomic E-state index is 12.4. The van der Waals surface area contributed by atoms with Crippen molar-refractivity contribution in [1.82, 2.24) is 13.6 Å². The Balaban J connectivity index is 2.14. The van der Waals surface area contributed by atoms with Gasteiger partial charge in [-0.2, -0.15) is 8.61 Å². The lowest BCUT2D eigenvalue weighted by atomic mass is 10.4. The molecule has 0 aromatic carbocycles. The normalized spacial score (nSPS) is 18.8. The first kappa shape index (κ1) is 16.3. The Bertz CT molecular complexity index is 692. The van der Waals surface area contributed by atoms with Gasteiger partial charge in [0, 0.05) is 38.9 Å². The Labute approximate surface area is 124 Å². The molecule has 1 saturated heterocycles. The van der Waals surface area contributed by atoms with Crippen LogP contribution in [0.1, 0.15) is 5.69 Å². The summed E-state index contributed by atoms with van der Waals surface area (Å²) < 4.78 is 50.2. The number of nitrogens with two attached hydrogens (primary N) is 1. The van der Waals surface area contributed by atoms with Crippen LogP contribution in [0.5, 0.6) is 0 Å². The zero-order chi connectivity index (χ0) is 15.7. The lowest BCUT2D eigenvalue weighted by molar-refractivity contribution is 0.274. The highest BCUT2D eigenvalue weighted by atomic mass is 32.2. The van der Waals surface area contributed by atoms with E-state index >= 15 is 0 Å². The van der Waals surface area contributed by atoms with Gasteiger partial charge in [-0.1, -0.05) is 0 Å². The van der Waals surface area contributed by atoms with Crippen molar-refractivity contribution in [2.45, 2.75) is 11.4 Å². The standard InChI is InChI=1S/C11H18N4O4S2/c1-20(16,17)14-4-6-15(7-5-14)21(18,19)11-3-2-10(8-12)13-9-11/h2-3,9H,4-8,12H2,1H3. The van der Waals surface area contributed by atoms with Crippen molar-refractivity contribution in [2.24, 2.45) is 5.73 Å². The average molecular weight is 334 g/mol. The molecule has 0 spiro atoms. The summed E-state index contributed by atoms with van der Waals surface area (Å²) in [6.07, 6.45) is 2.40. The van der Waals surface area contributed by atoms with Crippen LogP contribution >= 0.6 is 0 Å². The molecule has 0 bridgehead atoms. The SMILES string of the molecule is CS(=O)(=O)N1CCN(S(=O)(=O)c2ccc(CN)nc2)CC1. The second-order valence-corrected chi connectivity index (χ2v) is 8.68. The number of pyridine rings is 1. The van der Waals surface area contributed by atoms with Crippen molar-refractivity contribution in [2.75, 3.05) is 32.4 Å². The minimum atomic E-state index is -3.65. The van der Waals surface area contributed by atoms with E-state index < -0.39 is 20.0 Å². The predicted molar refractivity (Wildman–Crippen MR) is 77.3 cm³/mol. The van der Waals surface area contributed by atoms with Gasteiger partial charge in [0.1, 0.15) is 4.90 Å². The molecule has 2 heterocycles. The Kier molecular flexibility index (Phi) is 4.63. The Morgan fingerprint density at radius 2 is 1.67 bits per heavy atom.